The van der Waals surface area contributed by atoms with Crippen LogP contribution in [-0.2, 0) is 4.74 Å². The Labute approximate surface area is 115 Å². The topological polar surface area (TPSA) is 112 Å². The maximum atomic E-state index is 12.5. The van der Waals surface area contributed by atoms with Gasteiger partial charge >= 0.3 is 0 Å². The summed E-state index contributed by atoms with van der Waals surface area (Å²) in [7, 11) is 0. The summed E-state index contributed by atoms with van der Waals surface area (Å²) in [5.41, 5.74) is 5.15. The van der Waals surface area contributed by atoms with Crippen molar-refractivity contribution in [2.75, 3.05) is 18.8 Å². The zero-order valence-corrected chi connectivity index (χ0v) is 11.3. The molecule has 108 valence electrons. The van der Waals surface area contributed by atoms with Crippen molar-refractivity contribution in [3.63, 3.8) is 0 Å². The lowest BCUT2D eigenvalue weighted by Crippen LogP contribution is -2.48. The molecular weight excluding hydrogens is 264 g/mol. The quantitative estimate of drug-likeness (QED) is 0.634. The van der Waals surface area contributed by atoms with Crippen LogP contribution in [0.2, 0.25) is 0 Å². The number of nitrogens with zero attached hydrogens (tertiary/aromatic N) is 3. The molecule has 0 radical (unpaired) electrons. The van der Waals surface area contributed by atoms with Gasteiger partial charge in [0.25, 0.3) is 11.6 Å². The zero-order valence-electron chi connectivity index (χ0n) is 11.3. The van der Waals surface area contributed by atoms with Crippen LogP contribution in [-0.4, -0.2) is 46.0 Å². The Morgan fingerprint density at radius 1 is 1.50 bits per heavy atom. The second kappa shape index (κ2) is 5.41. The third-order valence-corrected chi connectivity index (χ3v) is 3.04. The molecule has 2 N–H and O–H groups in total. The first-order valence-corrected chi connectivity index (χ1v) is 6.23. The number of amides is 1. The third-order valence-electron chi connectivity index (χ3n) is 3.04. The number of anilines is 1. The van der Waals surface area contributed by atoms with E-state index in [4.69, 9.17) is 10.5 Å². The van der Waals surface area contributed by atoms with Gasteiger partial charge in [0.15, 0.2) is 0 Å². The number of hydrogen-bond acceptors (Lipinski definition) is 6. The number of aromatic nitrogens is 1. The molecular formula is C12H16N4O4. The highest BCUT2D eigenvalue weighted by Crippen LogP contribution is 2.22. The molecule has 0 bridgehead atoms. The van der Waals surface area contributed by atoms with E-state index >= 15 is 0 Å². The average molecular weight is 280 g/mol. The van der Waals surface area contributed by atoms with E-state index in [1.807, 2.05) is 13.8 Å². The van der Waals surface area contributed by atoms with Crippen molar-refractivity contribution >= 4 is 17.4 Å². The summed E-state index contributed by atoms with van der Waals surface area (Å²) >= 11 is 0. The van der Waals surface area contributed by atoms with Gasteiger partial charge < -0.3 is 15.4 Å². The fourth-order valence-electron chi connectivity index (χ4n) is 2.30. The summed E-state index contributed by atoms with van der Waals surface area (Å²) in [6.45, 7) is 4.49. The van der Waals surface area contributed by atoms with Gasteiger partial charge in [-0.05, 0) is 19.9 Å². The minimum absolute atomic E-state index is 0.0381. The summed E-state index contributed by atoms with van der Waals surface area (Å²) in [5.74, 6) is -0.346. The molecule has 2 atom stereocenters. The largest absolute Gasteiger partial charge is 0.384 e. The Morgan fingerprint density at radius 2 is 2.10 bits per heavy atom. The number of ether oxygens (including phenoxy) is 1. The summed E-state index contributed by atoms with van der Waals surface area (Å²) in [6.07, 6.45) is 0.789. The van der Waals surface area contributed by atoms with Gasteiger partial charge in [-0.2, -0.15) is 0 Å². The molecule has 0 unspecified atom stereocenters. The molecule has 1 amide bonds. The number of hydrogen-bond donors (Lipinski definition) is 1. The molecule has 0 saturated carbocycles. The molecule has 0 aromatic carbocycles. The highest BCUT2D eigenvalue weighted by molar-refractivity contribution is 5.98. The molecule has 2 heterocycles. The lowest BCUT2D eigenvalue weighted by atomic mass is 10.1. The summed E-state index contributed by atoms with van der Waals surface area (Å²) in [5, 5.41) is 11.0. The zero-order chi connectivity index (χ0) is 14.9. The van der Waals surface area contributed by atoms with Gasteiger partial charge in [0, 0.05) is 13.1 Å². The van der Waals surface area contributed by atoms with E-state index in [0.717, 1.165) is 6.20 Å². The van der Waals surface area contributed by atoms with E-state index in [9.17, 15) is 14.9 Å². The van der Waals surface area contributed by atoms with Crippen LogP contribution in [0, 0.1) is 10.1 Å². The molecule has 0 spiro atoms. The van der Waals surface area contributed by atoms with Crippen molar-refractivity contribution in [1.82, 2.24) is 9.88 Å². The standard InChI is InChI=1S/C12H16N4O4/c1-7-5-15(6-8(2)20-7)12(17)9-3-11(13)14-4-10(9)16(18)19/h3-4,7-8H,5-6H2,1-2H3,(H2,13,14)/t7-,8+. The molecule has 8 heteroatoms. The van der Waals surface area contributed by atoms with Crippen molar-refractivity contribution in [3.8, 4) is 0 Å². The number of carbonyl (C=O) groups excluding carboxylic acids is 1. The molecule has 1 aromatic heterocycles. The fourth-order valence-corrected chi connectivity index (χ4v) is 2.30. The molecule has 1 aliphatic rings. The van der Waals surface area contributed by atoms with Crippen molar-refractivity contribution in [2.24, 2.45) is 0 Å². The first kappa shape index (κ1) is 14.2. The summed E-state index contributed by atoms with van der Waals surface area (Å²) in [4.78, 5) is 28.0. The average Bonchev–Trinajstić information content (AvgIpc) is 2.36. The SMILES string of the molecule is C[C@@H]1CN(C(=O)c2cc(N)ncc2[N+](=O)[O-])C[C@H](C)O1. The van der Waals surface area contributed by atoms with Crippen LogP contribution in [0.5, 0.6) is 0 Å². The maximum Gasteiger partial charge on any atom is 0.300 e. The van der Waals surface area contributed by atoms with Crippen LogP contribution in [0.4, 0.5) is 11.5 Å². The van der Waals surface area contributed by atoms with Crippen LogP contribution in [0.3, 0.4) is 0 Å². The van der Waals surface area contributed by atoms with Crippen LogP contribution < -0.4 is 5.73 Å². The van der Waals surface area contributed by atoms with Gasteiger partial charge in [-0.1, -0.05) is 0 Å². The first-order chi connectivity index (χ1) is 9.38. The predicted molar refractivity (Wildman–Crippen MR) is 71.2 cm³/mol. The summed E-state index contributed by atoms with van der Waals surface area (Å²) in [6, 6.07) is 1.24. The number of nitrogen functional groups attached to an aromatic ring is 1. The van der Waals surface area contributed by atoms with Gasteiger partial charge in [-0.3, -0.25) is 14.9 Å². The Bertz CT molecular complexity index is 538. The Hall–Kier alpha value is -2.22. The third kappa shape index (κ3) is 2.85. The van der Waals surface area contributed by atoms with Gasteiger partial charge in [-0.25, -0.2) is 4.98 Å². The van der Waals surface area contributed by atoms with Crippen LogP contribution in [0.1, 0.15) is 24.2 Å². The predicted octanol–water partition coefficient (Wildman–Crippen LogP) is 0.821. The molecule has 1 saturated heterocycles. The molecule has 1 aromatic rings. The fraction of sp³-hybridized carbons (Fsp3) is 0.500. The Kier molecular flexibility index (Phi) is 3.84. The molecule has 2 rings (SSSR count). The van der Waals surface area contributed by atoms with E-state index in [0.29, 0.717) is 13.1 Å². The van der Waals surface area contributed by atoms with E-state index in [1.54, 1.807) is 4.90 Å². The van der Waals surface area contributed by atoms with Crippen LogP contribution >= 0.6 is 0 Å². The number of morpholine rings is 1. The van der Waals surface area contributed by atoms with E-state index in [2.05, 4.69) is 4.98 Å². The van der Waals surface area contributed by atoms with Gasteiger partial charge in [0.2, 0.25) is 0 Å². The maximum absolute atomic E-state index is 12.5. The number of rotatable bonds is 2. The Morgan fingerprint density at radius 3 is 2.65 bits per heavy atom. The van der Waals surface area contributed by atoms with Crippen molar-refractivity contribution in [2.45, 2.75) is 26.1 Å². The molecule has 1 aliphatic heterocycles. The van der Waals surface area contributed by atoms with Gasteiger partial charge in [0.1, 0.15) is 17.6 Å². The normalized spacial score (nSPS) is 22.6. The molecule has 0 aliphatic carbocycles. The molecule has 8 nitrogen and oxygen atoms in total. The molecule has 20 heavy (non-hydrogen) atoms. The number of pyridine rings is 1. The number of nitro groups is 1. The highest BCUT2D eigenvalue weighted by atomic mass is 16.6. The van der Waals surface area contributed by atoms with Crippen molar-refractivity contribution < 1.29 is 14.5 Å². The van der Waals surface area contributed by atoms with Gasteiger partial charge in [-0.15, -0.1) is 0 Å². The smallest absolute Gasteiger partial charge is 0.300 e. The lowest BCUT2D eigenvalue weighted by molar-refractivity contribution is -0.385. The minimum atomic E-state index is -0.632. The first-order valence-electron chi connectivity index (χ1n) is 6.23. The number of nitrogens with two attached hydrogens (primary N) is 1. The minimum Gasteiger partial charge on any atom is -0.384 e. The molecule has 1 fully saturated rings. The van der Waals surface area contributed by atoms with Crippen molar-refractivity contribution in [3.05, 3.63) is 27.9 Å². The highest BCUT2D eigenvalue weighted by Gasteiger charge is 2.30. The van der Waals surface area contributed by atoms with E-state index < -0.39 is 10.8 Å². The van der Waals surface area contributed by atoms with Crippen LogP contribution in [0.25, 0.3) is 0 Å². The van der Waals surface area contributed by atoms with Crippen LogP contribution in [0.15, 0.2) is 12.3 Å². The lowest BCUT2D eigenvalue weighted by Gasteiger charge is -2.35. The second-order valence-corrected chi connectivity index (χ2v) is 4.85. The second-order valence-electron chi connectivity index (χ2n) is 4.85. The van der Waals surface area contributed by atoms with E-state index in [1.165, 1.54) is 6.07 Å². The monoisotopic (exact) mass is 280 g/mol. The summed E-state index contributed by atoms with van der Waals surface area (Å²) < 4.78 is 5.54. The number of carbonyl (C=O) groups is 1. The van der Waals surface area contributed by atoms with Crippen molar-refractivity contribution in [1.29, 1.82) is 0 Å². The van der Waals surface area contributed by atoms with E-state index in [-0.39, 0.29) is 29.3 Å². The Balaban J connectivity index is 2.33. The van der Waals surface area contributed by atoms with Gasteiger partial charge in [0.05, 0.1) is 17.1 Å².